The zero-order valence-electron chi connectivity index (χ0n) is 13.6. The predicted octanol–water partition coefficient (Wildman–Crippen LogP) is 4.03. The van der Waals surface area contributed by atoms with Gasteiger partial charge in [-0.1, -0.05) is 48.2 Å². The highest BCUT2D eigenvalue weighted by atomic mass is 32.2. The van der Waals surface area contributed by atoms with E-state index in [2.05, 4.69) is 15.1 Å². The van der Waals surface area contributed by atoms with Gasteiger partial charge in [-0.3, -0.25) is 4.79 Å². The maximum absolute atomic E-state index is 12.7. The Balaban J connectivity index is 1.51. The molecule has 0 saturated heterocycles. The van der Waals surface area contributed by atoms with Gasteiger partial charge in [0, 0.05) is 22.2 Å². The topological polar surface area (TPSA) is 63.6 Å². The second-order valence-corrected chi connectivity index (χ2v) is 6.63. The van der Waals surface area contributed by atoms with Crippen LogP contribution in [0, 0.1) is 6.92 Å². The number of Topliss-reactive ketones (excluding diaryl/α,β-unsaturated/α-hetero) is 1. The van der Waals surface area contributed by atoms with Gasteiger partial charge in [0.2, 0.25) is 5.16 Å². The molecule has 2 heterocycles. The molecule has 1 N–H and O–H groups in total. The number of carbonyl (C=O) groups excluding carboxylic acids is 1. The Labute approximate surface area is 149 Å². The number of para-hydroxylation sites is 2. The van der Waals surface area contributed by atoms with E-state index in [1.54, 1.807) is 11.0 Å². The van der Waals surface area contributed by atoms with Crippen molar-refractivity contribution in [3.63, 3.8) is 0 Å². The van der Waals surface area contributed by atoms with Crippen LogP contribution in [0.3, 0.4) is 0 Å². The fraction of sp³-hybridized carbons (Fsp3) is 0.105. The van der Waals surface area contributed by atoms with Gasteiger partial charge in [0.25, 0.3) is 0 Å². The third-order valence-electron chi connectivity index (χ3n) is 4.00. The lowest BCUT2D eigenvalue weighted by Crippen LogP contribution is -2.04. The first-order valence-electron chi connectivity index (χ1n) is 7.93. The molecule has 0 aliphatic carbocycles. The molecule has 0 bridgehead atoms. The summed E-state index contributed by atoms with van der Waals surface area (Å²) in [5, 5.41) is 5.99. The quantitative estimate of drug-likeness (QED) is 0.437. The number of benzene rings is 2. The molecule has 2 aromatic carbocycles. The normalized spacial score (nSPS) is 11.1. The van der Waals surface area contributed by atoms with Crippen LogP contribution in [0.5, 0.6) is 0 Å². The van der Waals surface area contributed by atoms with Crippen LogP contribution in [0.15, 0.2) is 66.1 Å². The maximum atomic E-state index is 12.7. The van der Waals surface area contributed by atoms with Crippen molar-refractivity contribution in [2.24, 2.45) is 0 Å². The zero-order chi connectivity index (χ0) is 17.2. The molecule has 4 rings (SSSR count). The van der Waals surface area contributed by atoms with Crippen molar-refractivity contribution in [2.45, 2.75) is 12.1 Å². The number of fused-ring (bicyclic) bond motifs is 1. The van der Waals surface area contributed by atoms with Gasteiger partial charge in [-0.15, -0.1) is 5.10 Å². The highest BCUT2D eigenvalue weighted by Gasteiger charge is 2.16. The summed E-state index contributed by atoms with van der Waals surface area (Å²) in [5.74, 6) is 0.387. The molecule has 0 aliphatic heterocycles. The molecule has 4 aromatic rings. The highest BCUT2D eigenvalue weighted by molar-refractivity contribution is 7.99. The summed E-state index contributed by atoms with van der Waals surface area (Å²) >= 11 is 1.35. The van der Waals surface area contributed by atoms with E-state index in [1.807, 2.05) is 61.5 Å². The molecule has 124 valence electrons. The molecule has 0 saturated carbocycles. The van der Waals surface area contributed by atoms with E-state index in [9.17, 15) is 4.79 Å². The second kappa shape index (κ2) is 6.57. The average Bonchev–Trinajstić information content (AvgIpc) is 3.24. The lowest BCUT2D eigenvalue weighted by Gasteiger charge is -2.00. The molecule has 0 aliphatic rings. The van der Waals surface area contributed by atoms with E-state index in [1.165, 1.54) is 11.8 Å². The van der Waals surface area contributed by atoms with Crippen LogP contribution in [-0.4, -0.2) is 31.3 Å². The Morgan fingerprint density at radius 2 is 1.88 bits per heavy atom. The molecule has 0 amide bonds. The number of carbonyl (C=O) groups is 1. The van der Waals surface area contributed by atoms with Crippen LogP contribution in [0.1, 0.15) is 16.1 Å². The summed E-state index contributed by atoms with van der Waals surface area (Å²) < 4.78 is 1.71. The molecule has 6 heteroatoms. The third kappa shape index (κ3) is 3.08. The van der Waals surface area contributed by atoms with Crippen molar-refractivity contribution in [1.82, 2.24) is 19.7 Å². The van der Waals surface area contributed by atoms with Crippen molar-refractivity contribution < 1.29 is 4.79 Å². The monoisotopic (exact) mass is 348 g/mol. The first kappa shape index (κ1) is 15.7. The van der Waals surface area contributed by atoms with Gasteiger partial charge < -0.3 is 4.98 Å². The average molecular weight is 348 g/mol. The number of rotatable bonds is 5. The first-order valence-corrected chi connectivity index (χ1v) is 8.91. The number of aromatic amines is 1. The van der Waals surface area contributed by atoms with Crippen molar-refractivity contribution in [3.8, 4) is 5.69 Å². The third-order valence-corrected chi connectivity index (χ3v) is 4.85. The van der Waals surface area contributed by atoms with E-state index in [0.717, 1.165) is 27.8 Å². The summed E-state index contributed by atoms with van der Waals surface area (Å²) in [6.07, 6.45) is 1.67. The van der Waals surface area contributed by atoms with E-state index >= 15 is 0 Å². The van der Waals surface area contributed by atoms with E-state index in [0.29, 0.717) is 10.9 Å². The summed E-state index contributed by atoms with van der Waals surface area (Å²) in [5.41, 5.74) is 3.58. The van der Waals surface area contributed by atoms with Gasteiger partial charge in [-0.2, -0.15) is 0 Å². The predicted molar refractivity (Wildman–Crippen MR) is 99.4 cm³/mol. The lowest BCUT2D eigenvalue weighted by atomic mass is 10.1. The minimum atomic E-state index is 0.0796. The standard InChI is InChI=1S/C19H16N4OS/c1-13-18(15-9-5-6-10-16(15)21-13)17(24)11-25-19-20-12-23(22-19)14-7-3-2-4-8-14/h2-10,12,21H,11H2,1H3. The highest BCUT2D eigenvalue weighted by Crippen LogP contribution is 2.24. The van der Waals surface area contributed by atoms with Crippen LogP contribution in [0.2, 0.25) is 0 Å². The van der Waals surface area contributed by atoms with Crippen LogP contribution in [0.4, 0.5) is 0 Å². The fourth-order valence-corrected chi connectivity index (χ4v) is 3.53. The number of ketones is 1. The minimum Gasteiger partial charge on any atom is -0.358 e. The molecule has 25 heavy (non-hydrogen) atoms. The Morgan fingerprint density at radius 1 is 1.12 bits per heavy atom. The van der Waals surface area contributed by atoms with Crippen molar-refractivity contribution >= 4 is 28.4 Å². The molecule has 0 fully saturated rings. The number of H-pyrrole nitrogens is 1. The molecular weight excluding hydrogens is 332 g/mol. The molecular formula is C19H16N4OS. The lowest BCUT2D eigenvalue weighted by molar-refractivity contribution is 0.102. The smallest absolute Gasteiger partial charge is 0.209 e. The SMILES string of the molecule is Cc1[nH]c2ccccc2c1C(=O)CSc1ncn(-c2ccccc2)n1. The Bertz CT molecular complexity index is 1040. The number of aryl methyl sites for hydroxylation is 1. The van der Waals surface area contributed by atoms with Gasteiger partial charge in [-0.05, 0) is 25.1 Å². The van der Waals surface area contributed by atoms with Crippen LogP contribution in [0.25, 0.3) is 16.6 Å². The number of hydrogen-bond donors (Lipinski definition) is 1. The van der Waals surface area contributed by atoms with Crippen LogP contribution in [-0.2, 0) is 0 Å². The van der Waals surface area contributed by atoms with Crippen LogP contribution < -0.4 is 0 Å². The Kier molecular flexibility index (Phi) is 4.11. The number of nitrogens with zero attached hydrogens (tertiary/aromatic N) is 3. The maximum Gasteiger partial charge on any atom is 0.209 e. The number of nitrogens with one attached hydrogen (secondary N) is 1. The molecule has 0 unspecified atom stereocenters. The van der Waals surface area contributed by atoms with Crippen LogP contribution >= 0.6 is 11.8 Å². The Morgan fingerprint density at radius 3 is 2.72 bits per heavy atom. The zero-order valence-corrected chi connectivity index (χ0v) is 14.5. The van der Waals surface area contributed by atoms with Crippen molar-refractivity contribution in [3.05, 3.63) is 72.2 Å². The van der Waals surface area contributed by atoms with Crippen molar-refractivity contribution in [1.29, 1.82) is 0 Å². The number of aromatic nitrogens is 4. The molecule has 0 spiro atoms. The van der Waals surface area contributed by atoms with Gasteiger partial charge in [-0.25, -0.2) is 9.67 Å². The largest absolute Gasteiger partial charge is 0.358 e. The first-order chi connectivity index (χ1) is 12.2. The van der Waals surface area contributed by atoms with E-state index in [-0.39, 0.29) is 5.78 Å². The van der Waals surface area contributed by atoms with Gasteiger partial charge in [0.1, 0.15) is 6.33 Å². The van der Waals surface area contributed by atoms with Crippen molar-refractivity contribution in [2.75, 3.05) is 5.75 Å². The van der Waals surface area contributed by atoms with Gasteiger partial charge in [0.15, 0.2) is 5.78 Å². The number of thioether (sulfide) groups is 1. The van der Waals surface area contributed by atoms with E-state index in [4.69, 9.17) is 0 Å². The fourth-order valence-electron chi connectivity index (χ4n) is 2.86. The number of hydrogen-bond acceptors (Lipinski definition) is 4. The molecule has 0 radical (unpaired) electrons. The van der Waals surface area contributed by atoms with Gasteiger partial charge >= 0.3 is 0 Å². The Hall–Kier alpha value is -2.86. The summed E-state index contributed by atoms with van der Waals surface area (Å²) in [4.78, 5) is 20.2. The summed E-state index contributed by atoms with van der Waals surface area (Å²) in [7, 11) is 0. The summed E-state index contributed by atoms with van der Waals surface area (Å²) in [6, 6.07) is 17.6. The molecule has 0 atom stereocenters. The minimum absolute atomic E-state index is 0.0796. The second-order valence-electron chi connectivity index (χ2n) is 5.69. The summed E-state index contributed by atoms with van der Waals surface area (Å²) in [6.45, 7) is 1.93. The molecule has 5 nitrogen and oxygen atoms in total. The molecule has 2 aromatic heterocycles. The van der Waals surface area contributed by atoms with Gasteiger partial charge in [0.05, 0.1) is 11.4 Å². The van der Waals surface area contributed by atoms with E-state index < -0.39 is 0 Å².